The molecule has 0 saturated carbocycles. The zero-order valence-electron chi connectivity index (χ0n) is 14.6. The molecule has 0 N–H and O–H groups in total. The van der Waals surface area contributed by atoms with E-state index in [0.717, 1.165) is 5.56 Å². The fraction of sp³-hybridized carbons (Fsp3) is 0.316. The molecule has 0 saturated heterocycles. The first-order valence-corrected chi connectivity index (χ1v) is 9.25. The minimum atomic E-state index is -0.678. The van der Waals surface area contributed by atoms with E-state index in [-0.39, 0.29) is 6.42 Å². The molecular weight excluding hydrogens is 396 g/mol. The summed E-state index contributed by atoms with van der Waals surface area (Å²) < 4.78 is 2.51. The number of carbonyl (C=O) groups excluding carboxylic acids is 1. The van der Waals surface area contributed by atoms with E-state index in [4.69, 9.17) is 0 Å². The van der Waals surface area contributed by atoms with E-state index in [0.29, 0.717) is 29.4 Å². The van der Waals surface area contributed by atoms with Crippen molar-refractivity contribution in [3.8, 4) is 0 Å². The summed E-state index contributed by atoms with van der Waals surface area (Å²) in [7, 11) is 0. The molecule has 0 aliphatic heterocycles. The molecule has 0 atom stereocenters. The average molecular weight is 415 g/mol. The van der Waals surface area contributed by atoms with Crippen molar-refractivity contribution in [2.45, 2.75) is 39.2 Å². The molecule has 1 aromatic heterocycles. The number of hydrogen-bond acceptors (Lipinski definition) is 4. The Hall–Kier alpha value is -2.41. The van der Waals surface area contributed by atoms with Crippen LogP contribution in [0, 0.1) is 4.91 Å². The van der Waals surface area contributed by atoms with Crippen molar-refractivity contribution in [3.63, 3.8) is 0 Å². The minimum Gasteiger partial charge on any atom is -0.301 e. The second kappa shape index (κ2) is 7.86. The maximum absolute atomic E-state index is 11.2. The van der Waals surface area contributed by atoms with Gasteiger partial charge in [0.15, 0.2) is 4.73 Å². The minimum absolute atomic E-state index is 0.0294. The summed E-state index contributed by atoms with van der Waals surface area (Å²) in [6, 6.07) is 12.6. The number of rotatable bonds is 6. The summed E-state index contributed by atoms with van der Waals surface area (Å²) in [6.07, 6.45) is 0.354. The number of benzene rings is 2. The maximum atomic E-state index is 11.2. The van der Waals surface area contributed by atoms with E-state index in [1.54, 1.807) is 0 Å². The Labute approximate surface area is 159 Å². The Kier molecular flexibility index (Phi) is 5.56. The number of fused-ring (bicyclic) bond motifs is 1. The highest BCUT2D eigenvalue weighted by Gasteiger charge is 2.15. The Balaban J connectivity index is 1.97. The zero-order chi connectivity index (χ0) is 18.7. The number of halogens is 1. The highest BCUT2D eigenvalue weighted by molar-refractivity contribution is 9.10. The first-order valence-electron chi connectivity index (χ1n) is 8.45. The molecule has 0 unspecified atom stereocenters. The van der Waals surface area contributed by atoms with Crippen LogP contribution in [0.25, 0.3) is 10.8 Å². The lowest BCUT2D eigenvalue weighted by molar-refractivity contribution is -0.117. The van der Waals surface area contributed by atoms with E-state index in [1.165, 1.54) is 16.3 Å². The van der Waals surface area contributed by atoms with Gasteiger partial charge in [0, 0.05) is 18.0 Å². The predicted octanol–water partition coefficient (Wildman–Crippen LogP) is 4.59. The highest BCUT2D eigenvalue weighted by Crippen LogP contribution is 2.29. The molecule has 0 fully saturated rings. The first kappa shape index (κ1) is 18.4. The molecule has 134 valence electrons. The molecule has 7 heteroatoms. The molecule has 26 heavy (non-hydrogen) atoms. The molecule has 1 heterocycles. The molecule has 6 nitrogen and oxygen atoms in total. The third kappa shape index (κ3) is 3.72. The number of hydrogen-bond donors (Lipinski definition) is 0. The fourth-order valence-corrected chi connectivity index (χ4v) is 3.53. The number of nitrogens with zero attached hydrogens (tertiary/aromatic N) is 4. The summed E-state index contributed by atoms with van der Waals surface area (Å²) >= 11 is 3.42. The van der Waals surface area contributed by atoms with E-state index in [1.807, 2.05) is 10.6 Å². The Morgan fingerprint density at radius 3 is 2.58 bits per heavy atom. The quantitative estimate of drug-likeness (QED) is 0.552. The van der Waals surface area contributed by atoms with Crippen LogP contribution in [-0.2, 0) is 17.8 Å². The molecule has 1 amide bonds. The molecule has 3 aromatic rings. The average Bonchev–Trinajstić information content (AvgIpc) is 2.99. The number of aromatic nitrogens is 3. The van der Waals surface area contributed by atoms with Gasteiger partial charge >= 0.3 is 0 Å². The van der Waals surface area contributed by atoms with Crippen LogP contribution >= 0.6 is 15.9 Å². The second-order valence-electron chi connectivity index (χ2n) is 6.47. The van der Waals surface area contributed by atoms with Gasteiger partial charge in [-0.3, -0.25) is 4.79 Å². The van der Waals surface area contributed by atoms with Crippen LogP contribution in [0.1, 0.15) is 43.1 Å². The van der Waals surface area contributed by atoms with Gasteiger partial charge in [0.05, 0.1) is 6.54 Å². The van der Waals surface area contributed by atoms with Gasteiger partial charge in [-0.05, 0) is 43.7 Å². The van der Waals surface area contributed by atoms with Crippen LogP contribution in [0.5, 0.6) is 0 Å². The van der Waals surface area contributed by atoms with Crippen molar-refractivity contribution in [1.29, 1.82) is 0 Å². The molecule has 0 aliphatic carbocycles. The molecule has 0 bridgehead atoms. The van der Waals surface area contributed by atoms with Crippen molar-refractivity contribution in [3.05, 3.63) is 63.0 Å². The Morgan fingerprint density at radius 2 is 1.88 bits per heavy atom. The molecule has 0 aliphatic rings. The third-order valence-electron chi connectivity index (χ3n) is 4.45. The number of nitroso groups, excluding NO2 is 1. The van der Waals surface area contributed by atoms with E-state index < -0.39 is 5.91 Å². The van der Waals surface area contributed by atoms with Crippen LogP contribution in [0.4, 0.5) is 0 Å². The van der Waals surface area contributed by atoms with Crippen LogP contribution < -0.4 is 0 Å². The normalized spacial score (nSPS) is 11.2. The lowest BCUT2D eigenvalue weighted by Gasteiger charge is -2.15. The lowest BCUT2D eigenvalue weighted by Crippen LogP contribution is -2.08. The standard InChI is InChI=1S/C19H19BrN4O2/c1-12(2)14-8-7-13(15-5-3-4-6-16(14)15)11-24-17(21-22-19(24)20)9-10-18(25)23-26/h3-8,12H,9-11H2,1-2H3. The van der Waals surface area contributed by atoms with Crippen LogP contribution in [0.3, 0.4) is 0 Å². The monoisotopic (exact) mass is 414 g/mol. The van der Waals surface area contributed by atoms with Gasteiger partial charge in [-0.25, -0.2) is 0 Å². The largest absolute Gasteiger partial charge is 0.301 e. The SMILES string of the molecule is CC(C)c1ccc(Cn2c(Br)nnc2CCC(=O)N=O)c2ccccc12. The van der Waals surface area contributed by atoms with Gasteiger partial charge in [0.1, 0.15) is 5.82 Å². The summed E-state index contributed by atoms with van der Waals surface area (Å²) in [4.78, 5) is 21.5. The summed E-state index contributed by atoms with van der Waals surface area (Å²) in [6.45, 7) is 4.95. The summed E-state index contributed by atoms with van der Waals surface area (Å²) in [5.41, 5.74) is 2.46. The van der Waals surface area contributed by atoms with Crippen LogP contribution in [0.15, 0.2) is 46.3 Å². The Morgan fingerprint density at radius 1 is 1.15 bits per heavy atom. The molecule has 0 spiro atoms. The van der Waals surface area contributed by atoms with Crippen molar-refractivity contribution >= 4 is 32.6 Å². The van der Waals surface area contributed by atoms with Gasteiger partial charge in [-0.15, -0.1) is 15.1 Å². The van der Waals surface area contributed by atoms with E-state index in [9.17, 15) is 9.70 Å². The Bertz CT molecular complexity index is 965. The smallest absolute Gasteiger partial charge is 0.286 e. The number of amides is 1. The maximum Gasteiger partial charge on any atom is 0.286 e. The molecule has 2 aromatic carbocycles. The van der Waals surface area contributed by atoms with E-state index in [2.05, 4.69) is 75.5 Å². The van der Waals surface area contributed by atoms with Crippen molar-refractivity contribution in [2.75, 3.05) is 0 Å². The summed E-state index contributed by atoms with van der Waals surface area (Å²) in [5.74, 6) is 0.404. The zero-order valence-corrected chi connectivity index (χ0v) is 16.2. The fourth-order valence-electron chi connectivity index (χ4n) is 3.12. The van der Waals surface area contributed by atoms with Crippen molar-refractivity contribution < 1.29 is 4.79 Å². The van der Waals surface area contributed by atoms with Crippen LogP contribution in [0.2, 0.25) is 0 Å². The van der Waals surface area contributed by atoms with Gasteiger partial charge in [0.2, 0.25) is 0 Å². The number of carbonyl (C=O) groups is 1. The topological polar surface area (TPSA) is 77.2 Å². The first-order chi connectivity index (χ1) is 12.5. The van der Waals surface area contributed by atoms with Gasteiger partial charge < -0.3 is 4.57 Å². The third-order valence-corrected chi connectivity index (χ3v) is 5.03. The van der Waals surface area contributed by atoms with Crippen molar-refractivity contribution in [1.82, 2.24) is 14.8 Å². The number of aryl methyl sites for hydroxylation is 1. The summed E-state index contributed by atoms with van der Waals surface area (Å²) in [5, 5.41) is 13.0. The highest BCUT2D eigenvalue weighted by atomic mass is 79.9. The van der Waals surface area contributed by atoms with Crippen molar-refractivity contribution in [2.24, 2.45) is 5.18 Å². The van der Waals surface area contributed by atoms with Gasteiger partial charge in [-0.2, -0.15) is 0 Å². The predicted molar refractivity (Wildman–Crippen MR) is 104 cm³/mol. The molecule has 3 rings (SSSR count). The second-order valence-corrected chi connectivity index (χ2v) is 7.18. The van der Waals surface area contributed by atoms with Gasteiger partial charge in [-0.1, -0.05) is 50.2 Å². The molecule has 0 radical (unpaired) electrons. The van der Waals surface area contributed by atoms with E-state index >= 15 is 0 Å². The lowest BCUT2D eigenvalue weighted by atomic mass is 9.93. The molecular formula is C19H19BrN4O2. The van der Waals surface area contributed by atoms with Gasteiger partial charge in [0.25, 0.3) is 5.91 Å². The van der Waals surface area contributed by atoms with Crippen LogP contribution in [-0.4, -0.2) is 20.7 Å².